The van der Waals surface area contributed by atoms with E-state index >= 15 is 0 Å². The molecule has 6 heteroatoms. The van der Waals surface area contributed by atoms with E-state index in [0.29, 0.717) is 0 Å². The van der Waals surface area contributed by atoms with E-state index in [2.05, 4.69) is 0 Å². The average molecular weight is 190 g/mol. The van der Waals surface area contributed by atoms with Gasteiger partial charge in [-0.3, -0.25) is 9.59 Å². The van der Waals surface area contributed by atoms with Crippen molar-refractivity contribution in [2.45, 2.75) is 20.3 Å². The number of aliphatic carboxylic acids is 2. The molecule has 0 fully saturated rings. The molecule has 0 saturated carbocycles. The SMILES string of the molecule is CC(=O)C(=O)O.CCC(=O)C(=O)O. The minimum atomic E-state index is -1.38. The third-order valence-electron chi connectivity index (χ3n) is 0.861. The van der Waals surface area contributed by atoms with Crippen molar-refractivity contribution in [1.29, 1.82) is 0 Å². The lowest BCUT2D eigenvalue weighted by molar-refractivity contribution is -0.148. The summed E-state index contributed by atoms with van der Waals surface area (Å²) in [6, 6.07) is 0. The van der Waals surface area contributed by atoms with Gasteiger partial charge in [0.25, 0.3) is 0 Å². The maximum absolute atomic E-state index is 9.91. The zero-order chi connectivity index (χ0) is 11.0. The number of carbonyl (C=O) groups is 4. The minimum Gasteiger partial charge on any atom is -0.476 e. The second kappa shape index (κ2) is 6.96. The molecule has 0 saturated heterocycles. The summed E-state index contributed by atoms with van der Waals surface area (Å²) in [6.07, 6.45) is 0.0787. The molecular formula is C7H10O6. The fraction of sp³-hybridized carbons (Fsp3) is 0.429. The van der Waals surface area contributed by atoms with Crippen molar-refractivity contribution in [3.63, 3.8) is 0 Å². The summed E-state index contributed by atoms with van der Waals surface area (Å²) >= 11 is 0. The summed E-state index contributed by atoms with van der Waals surface area (Å²) in [4.78, 5) is 38.4. The van der Waals surface area contributed by atoms with Gasteiger partial charge in [-0.15, -0.1) is 0 Å². The highest BCUT2D eigenvalue weighted by Crippen LogP contribution is 1.76. The fourth-order valence-corrected chi connectivity index (χ4v) is 0.151. The highest BCUT2D eigenvalue weighted by Gasteiger charge is 2.05. The van der Waals surface area contributed by atoms with Gasteiger partial charge >= 0.3 is 11.9 Å². The lowest BCUT2D eigenvalue weighted by atomic mass is 10.3. The number of Topliss-reactive ketones (excluding diaryl/α,β-unsaturated/α-hetero) is 2. The van der Waals surface area contributed by atoms with Gasteiger partial charge in [-0.1, -0.05) is 6.92 Å². The van der Waals surface area contributed by atoms with Crippen LogP contribution in [0.25, 0.3) is 0 Å². The summed E-state index contributed by atoms with van der Waals surface area (Å²) < 4.78 is 0. The van der Waals surface area contributed by atoms with Crippen molar-refractivity contribution in [2.75, 3.05) is 0 Å². The Morgan fingerprint density at radius 2 is 1.31 bits per heavy atom. The zero-order valence-electron chi connectivity index (χ0n) is 7.23. The van der Waals surface area contributed by atoms with E-state index in [1.807, 2.05) is 0 Å². The Balaban J connectivity index is 0. The van der Waals surface area contributed by atoms with Crippen molar-refractivity contribution in [2.24, 2.45) is 0 Å². The maximum atomic E-state index is 9.91. The van der Waals surface area contributed by atoms with Crippen LogP contribution in [0.15, 0.2) is 0 Å². The molecule has 0 unspecified atom stereocenters. The van der Waals surface area contributed by atoms with Gasteiger partial charge in [0.1, 0.15) is 0 Å². The smallest absolute Gasteiger partial charge is 0.372 e. The highest BCUT2D eigenvalue weighted by molar-refractivity contribution is 6.32. The predicted octanol–water partition coefficient (Wildman–Crippen LogP) is -0.290. The Kier molecular flexibility index (Phi) is 7.41. The zero-order valence-corrected chi connectivity index (χ0v) is 7.23. The first kappa shape index (κ1) is 13.8. The standard InChI is InChI=1S/C4H6O3.C3H4O3/c1-2-3(5)4(6)7;1-2(4)3(5)6/h2H2,1H3,(H,6,7);1H3,(H,5,6). The molecule has 0 atom stereocenters. The summed E-state index contributed by atoms with van der Waals surface area (Å²) in [5.74, 6) is -4.28. The summed E-state index contributed by atoms with van der Waals surface area (Å²) in [7, 11) is 0. The number of hydrogen-bond acceptors (Lipinski definition) is 4. The van der Waals surface area contributed by atoms with E-state index in [0.717, 1.165) is 6.92 Å². The van der Waals surface area contributed by atoms with Crippen LogP contribution < -0.4 is 0 Å². The van der Waals surface area contributed by atoms with Gasteiger partial charge in [0, 0.05) is 13.3 Å². The van der Waals surface area contributed by atoms with Crippen molar-refractivity contribution < 1.29 is 29.4 Å². The van der Waals surface area contributed by atoms with Gasteiger partial charge in [-0.05, 0) is 0 Å². The van der Waals surface area contributed by atoms with Crippen molar-refractivity contribution in [3.8, 4) is 0 Å². The topological polar surface area (TPSA) is 109 Å². The molecule has 0 spiro atoms. The predicted molar refractivity (Wildman–Crippen MR) is 41.3 cm³/mol. The first-order valence-corrected chi connectivity index (χ1v) is 3.32. The molecule has 0 aliphatic rings. The van der Waals surface area contributed by atoms with Crippen molar-refractivity contribution in [1.82, 2.24) is 0 Å². The third kappa shape index (κ3) is 10.3. The molecule has 6 nitrogen and oxygen atoms in total. The van der Waals surface area contributed by atoms with Crippen LogP contribution in [0.3, 0.4) is 0 Å². The van der Waals surface area contributed by atoms with Crippen molar-refractivity contribution >= 4 is 23.5 Å². The quantitative estimate of drug-likeness (QED) is 0.592. The Hall–Kier alpha value is -1.72. The number of ketones is 2. The van der Waals surface area contributed by atoms with Crippen LogP contribution in [0.2, 0.25) is 0 Å². The number of carbonyl (C=O) groups excluding carboxylic acids is 2. The Morgan fingerprint density at radius 1 is 1.00 bits per heavy atom. The molecule has 13 heavy (non-hydrogen) atoms. The molecule has 74 valence electrons. The lowest BCUT2D eigenvalue weighted by Gasteiger charge is -1.80. The first-order chi connectivity index (χ1) is 5.82. The average Bonchev–Trinajstić information content (AvgIpc) is 2.03. The molecule has 0 radical (unpaired) electrons. The maximum Gasteiger partial charge on any atom is 0.372 e. The molecule has 0 bridgehead atoms. The lowest BCUT2D eigenvalue weighted by Crippen LogP contribution is -2.09. The van der Waals surface area contributed by atoms with Crippen LogP contribution in [-0.2, 0) is 19.2 Å². The molecule has 0 aromatic rings. The van der Waals surface area contributed by atoms with Crippen LogP contribution in [0.5, 0.6) is 0 Å². The molecule has 0 rings (SSSR count). The fourth-order valence-electron chi connectivity index (χ4n) is 0.151. The summed E-state index contributed by atoms with van der Waals surface area (Å²) in [6.45, 7) is 2.51. The van der Waals surface area contributed by atoms with Crippen LogP contribution >= 0.6 is 0 Å². The van der Waals surface area contributed by atoms with Gasteiger partial charge in [0.2, 0.25) is 11.6 Å². The molecular weight excluding hydrogens is 180 g/mol. The molecule has 0 amide bonds. The largest absolute Gasteiger partial charge is 0.476 e. The van der Waals surface area contributed by atoms with Crippen LogP contribution in [0.4, 0.5) is 0 Å². The number of rotatable bonds is 3. The Morgan fingerprint density at radius 3 is 1.31 bits per heavy atom. The van der Waals surface area contributed by atoms with Gasteiger partial charge in [0.15, 0.2) is 0 Å². The Labute approximate surface area is 74.2 Å². The molecule has 0 aliphatic heterocycles. The van der Waals surface area contributed by atoms with Crippen molar-refractivity contribution in [3.05, 3.63) is 0 Å². The number of hydrogen-bond donors (Lipinski definition) is 2. The minimum absolute atomic E-state index is 0.0787. The van der Waals surface area contributed by atoms with E-state index in [9.17, 15) is 19.2 Å². The van der Waals surface area contributed by atoms with Crippen LogP contribution in [-0.4, -0.2) is 33.7 Å². The van der Waals surface area contributed by atoms with Gasteiger partial charge in [0.05, 0.1) is 0 Å². The van der Waals surface area contributed by atoms with Gasteiger partial charge in [-0.25, -0.2) is 9.59 Å². The number of carboxylic acids is 2. The molecule has 0 aliphatic carbocycles. The van der Waals surface area contributed by atoms with E-state index in [-0.39, 0.29) is 6.42 Å². The third-order valence-corrected chi connectivity index (χ3v) is 0.861. The first-order valence-electron chi connectivity index (χ1n) is 3.32. The molecule has 0 aromatic heterocycles. The van der Waals surface area contributed by atoms with Gasteiger partial charge < -0.3 is 10.2 Å². The Bertz CT molecular complexity index is 217. The second-order valence-electron chi connectivity index (χ2n) is 1.94. The van der Waals surface area contributed by atoms with Gasteiger partial charge in [-0.2, -0.15) is 0 Å². The van der Waals surface area contributed by atoms with E-state index in [1.165, 1.54) is 6.92 Å². The summed E-state index contributed by atoms with van der Waals surface area (Å²) in [5.41, 5.74) is 0. The summed E-state index contributed by atoms with van der Waals surface area (Å²) in [5, 5.41) is 15.5. The molecule has 0 heterocycles. The number of carboxylic acid groups (broad SMARTS) is 2. The normalized spacial score (nSPS) is 7.85. The molecule has 0 aromatic carbocycles. The van der Waals surface area contributed by atoms with E-state index in [4.69, 9.17) is 10.2 Å². The highest BCUT2D eigenvalue weighted by atomic mass is 16.4. The van der Waals surface area contributed by atoms with Crippen LogP contribution in [0.1, 0.15) is 20.3 Å². The second-order valence-corrected chi connectivity index (χ2v) is 1.94. The molecule has 2 N–H and O–H groups in total. The monoisotopic (exact) mass is 190 g/mol. The van der Waals surface area contributed by atoms with E-state index in [1.54, 1.807) is 0 Å². The van der Waals surface area contributed by atoms with Crippen LogP contribution in [0, 0.1) is 0 Å². The van der Waals surface area contributed by atoms with E-state index < -0.39 is 23.5 Å².